The van der Waals surface area contributed by atoms with Crippen molar-refractivity contribution in [1.29, 1.82) is 5.26 Å². The lowest BCUT2D eigenvalue weighted by Gasteiger charge is -2.20. The first kappa shape index (κ1) is 26.1. The first-order valence-electron chi connectivity index (χ1n) is 12.1. The number of carbonyl (C=O) groups is 1. The summed E-state index contributed by atoms with van der Waals surface area (Å²) >= 11 is 0. The van der Waals surface area contributed by atoms with Crippen molar-refractivity contribution < 1.29 is 22.4 Å². The third-order valence-electron chi connectivity index (χ3n) is 6.35. The van der Waals surface area contributed by atoms with Crippen molar-refractivity contribution in [2.24, 2.45) is 5.92 Å². The van der Waals surface area contributed by atoms with E-state index in [4.69, 9.17) is 0 Å². The number of nitriles is 1. The molecule has 39 heavy (non-hydrogen) atoms. The SMILES string of the molecule is N#Cc1cccc(-n2nc(C(F)(F)F)cc2C(=O)Nc2cc(C(NCC3CC3)c3cccnc3)ccc2F)c1. The van der Waals surface area contributed by atoms with Crippen LogP contribution in [0.15, 0.2) is 73.1 Å². The third-order valence-corrected chi connectivity index (χ3v) is 6.35. The average Bonchev–Trinajstić information content (AvgIpc) is 3.64. The number of amides is 1. The second-order valence-corrected chi connectivity index (χ2v) is 9.25. The molecule has 0 aliphatic heterocycles. The van der Waals surface area contributed by atoms with Crippen molar-refractivity contribution in [3.8, 4) is 11.8 Å². The van der Waals surface area contributed by atoms with Gasteiger partial charge in [0.1, 0.15) is 11.5 Å². The van der Waals surface area contributed by atoms with Crippen molar-refractivity contribution in [2.75, 3.05) is 11.9 Å². The molecule has 5 rings (SSSR count). The summed E-state index contributed by atoms with van der Waals surface area (Å²) in [5.41, 5.74) is -0.250. The molecular formula is C28H22F4N6O. The number of anilines is 1. The van der Waals surface area contributed by atoms with Gasteiger partial charge in [-0.2, -0.15) is 23.5 Å². The van der Waals surface area contributed by atoms with E-state index >= 15 is 0 Å². The molecule has 198 valence electrons. The molecule has 1 aliphatic rings. The quantitative estimate of drug-likeness (QED) is 0.286. The van der Waals surface area contributed by atoms with E-state index < -0.39 is 29.3 Å². The molecule has 2 N–H and O–H groups in total. The average molecular weight is 535 g/mol. The molecule has 2 aromatic heterocycles. The van der Waals surface area contributed by atoms with Crippen LogP contribution >= 0.6 is 0 Å². The molecule has 1 atom stereocenters. The minimum absolute atomic E-state index is 0.0739. The Morgan fingerprint density at radius 1 is 1.10 bits per heavy atom. The normalized spacial score (nSPS) is 14.0. The van der Waals surface area contributed by atoms with Crippen LogP contribution in [-0.2, 0) is 6.18 Å². The smallest absolute Gasteiger partial charge is 0.318 e. The minimum Gasteiger partial charge on any atom is -0.318 e. The van der Waals surface area contributed by atoms with Crippen LogP contribution in [0.5, 0.6) is 0 Å². The number of nitrogens with one attached hydrogen (secondary N) is 2. The van der Waals surface area contributed by atoms with Crippen LogP contribution in [0.25, 0.3) is 5.69 Å². The highest BCUT2D eigenvalue weighted by molar-refractivity contribution is 6.03. The van der Waals surface area contributed by atoms with Crippen LogP contribution < -0.4 is 10.6 Å². The predicted molar refractivity (Wildman–Crippen MR) is 134 cm³/mol. The van der Waals surface area contributed by atoms with Gasteiger partial charge >= 0.3 is 6.18 Å². The molecule has 2 aromatic carbocycles. The fourth-order valence-electron chi connectivity index (χ4n) is 4.17. The Hall–Kier alpha value is -4.56. The molecule has 1 aliphatic carbocycles. The van der Waals surface area contributed by atoms with Crippen molar-refractivity contribution in [3.63, 3.8) is 0 Å². The summed E-state index contributed by atoms with van der Waals surface area (Å²) in [6.07, 6.45) is 0.758. The molecule has 0 radical (unpaired) electrons. The molecule has 4 aromatic rings. The van der Waals surface area contributed by atoms with Gasteiger partial charge < -0.3 is 10.6 Å². The van der Waals surface area contributed by atoms with Gasteiger partial charge in [0, 0.05) is 18.5 Å². The number of nitrogens with zero attached hydrogens (tertiary/aromatic N) is 4. The monoisotopic (exact) mass is 534 g/mol. The summed E-state index contributed by atoms with van der Waals surface area (Å²) in [5, 5.41) is 18.6. The molecule has 0 saturated heterocycles. The van der Waals surface area contributed by atoms with Gasteiger partial charge in [-0.15, -0.1) is 0 Å². The van der Waals surface area contributed by atoms with Gasteiger partial charge in [0.15, 0.2) is 5.69 Å². The summed E-state index contributed by atoms with van der Waals surface area (Å²) in [6, 6.07) is 15.7. The maximum absolute atomic E-state index is 14.9. The van der Waals surface area contributed by atoms with Crippen LogP contribution in [-0.4, -0.2) is 27.2 Å². The first-order valence-corrected chi connectivity index (χ1v) is 12.1. The number of benzene rings is 2. The number of hydrogen-bond acceptors (Lipinski definition) is 5. The zero-order chi connectivity index (χ0) is 27.6. The molecule has 1 fully saturated rings. The lowest BCUT2D eigenvalue weighted by atomic mass is 9.99. The number of pyridine rings is 1. The lowest BCUT2D eigenvalue weighted by molar-refractivity contribution is -0.141. The van der Waals surface area contributed by atoms with Crippen LogP contribution in [0.2, 0.25) is 0 Å². The second-order valence-electron chi connectivity index (χ2n) is 9.25. The van der Waals surface area contributed by atoms with Gasteiger partial charge in [0.25, 0.3) is 5.91 Å². The summed E-state index contributed by atoms with van der Waals surface area (Å²) in [5.74, 6) is -1.19. The summed E-state index contributed by atoms with van der Waals surface area (Å²) < 4.78 is 56.2. The van der Waals surface area contributed by atoms with Crippen molar-refractivity contribution >= 4 is 11.6 Å². The Morgan fingerprint density at radius 3 is 2.62 bits per heavy atom. The van der Waals surface area contributed by atoms with E-state index in [1.807, 2.05) is 12.1 Å². The van der Waals surface area contributed by atoms with Crippen molar-refractivity contribution in [3.05, 3.63) is 107 Å². The number of carbonyl (C=O) groups excluding carboxylic acids is 1. The second kappa shape index (κ2) is 10.7. The molecular weight excluding hydrogens is 512 g/mol. The summed E-state index contributed by atoms with van der Waals surface area (Å²) in [4.78, 5) is 17.4. The van der Waals surface area contributed by atoms with E-state index in [2.05, 4.69) is 20.7 Å². The van der Waals surface area contributed by atoms with Crippen molar-refractivity contribution in [2.45, 2.75) is 25.1 Å². The maximum Gasteiger partial charge on any atom is 0.435 e. The van der Waals surface area contributed by atoms with Crippen LogP contribution in [0.1, 0.15) is 51.8 Å². The van der Waals surface area contributed by atoms with E-state index in [0.717, 1.165) is 29.6 Å². The Labute approximate surface area is 221 Å². The maximum atomic E-state index is 14.9. The minimum atomic E-state index is -4.83. The first-order chi connectivity index (χ1) is 18.7. The van der Waals surface area contributed by atoms with Gasteiger partial charge in [0.05, 0.1) is 29.0 Å². The zero-order valence-electron chi connectivity index (χ0n) is 20.4. The third kappa shape index (κ3) is 5.97. The zero-order valence-corrected chi connectivity index (χ0v) is 20.4. The molecule has 0 spiro atoms. The highest BCUT2D eigenvalue weighted by Gasteiger charge is 2.36. The molecule has 1 unspecified atom stereocenters. The molecule has 2 heterocycles. The highest BCUT2D eigenvalue weighted by atomic mass is 19.4. The Bertz CT molecular complexity index is 1540. The van der Waals surface area contributed by atoms with Crippen LogP contribution in [0, 0.1) is 23.1 Å². The van der Waals surface area contributed by atoms with Crippen molar-refractivity contribution in [1.82, 2.24) is 20.1 Å². The molecule has 0 bridgehead atoms. The Morgan fingerprint density at radius 2 is 1.92 bits per heavy atom. The number of aromatic nitrogens is 3. The van der Waals surface area contributed by atoms with Gasteiger partial charge in [0.2, 0.25) is 0 Å². The summed E-state index contributed by atoms with van der Waals surface area (Å²) in [6.45, 7) is 0.750. The fraction of sp³-hybridized carbons (Fsp3) is 0.214. The van der Waals surface area contributed by atoms with E-state index in [1.165, 1.54) is 36.4 Å². The number of halogens is 4. The van der Waals surface area contributed by atoms with E-state index in [-0.39, 0.29) is 23.0 Å². The Kier molecular flexibility index (Phi) is 7.13. The van der Waals surface area contributed by atoms with E-state index in [1.54, 1.807) is 24.5 Å². The molecule has 1 amide bonds. The summed E-state index contributed by atoms with van der Waals surface area (Å²) in [7, 11) is 0. The lowest BCUT2D eigenvalue weighted by Crippen LogP contribution is -2.25. The number of hydrogen-bond donors (Lipinski definition) is 2. The molecule has 7 nitrogen and oxygen atoms in total. The standard InChI is InChI=1S/C28H22F4N6O/c29-22-9-8-19(26(35-15-17-6-7-17)20-4-2-10-34-16-20)12-23(22)36-27(39)24-13-25(28(30,31)32)37-38(24)21-5-1-3-18(11-21)14-33/h1-5,8-13,16-17,26,35H,6-7,15H2,(H,36,39). The van der Waals surface area contributed by atoms with Gasteiger partial charge in [-0.1, -0.05) is 18.2 Å². The van der Waals surface area contributed by atoms with E-state index in [0.29, 0.717) is 17.5 Å². The molecule has 1 saturated carbocycles. The predicted octanol–water partition coefficient (Wildman–Crippen LogP) is 5.64. The van der Waals surface area contributed by atoms with Gasteiger partial charge in [-0.05, 0) is 72.8 Å². The van der Waals surface area contributed by atoms with Crippen LogP contribution in [0.4, 0.5) is 23.2 Å². The topological polar surface area (TPSA) is 95.6 Å². The Balaban J connectivity index is 1.49. The fourth-order valence-corrected chi connectivity index (χ4v) is 4.17. The van der Waals surface area contributed by atoms with Crippen LogP contribution in [0.3, 0.4) is 0 Å². The highest BCUT2D eigenvalue weighted by Crippen LogP contribution is 2.32. The largest absolute Gasteiger partial charge is 0.435 e. The molecule has 11 heteroatoms. The van der Waals surface area contributed by atoms with E-state index in [9.17, 15) is 27.6 Å². The van der Waals surface area contributed by atoms with Gasteiger partial charge in [-0.25, -0.2) is 9.07 Å². The number of alkyl halides is 3. The van der Waals surface area contributed by atoms with Gasteiger partial charge in [-0.3, -0.25) is 9.78 Å². The number of rotatable bonds is 8.